The highest BCUT2D eigenvalue weighted by Crippen LogP contribution is 2.16. The van der Waals surface area contributed by atoms with Crippen molar-refractivity contribution in [2.75, 3.05) is 39.5 Å². The van der Waals surface area contributed by atoms with E-state index in [9.17, 15) is 5.11 Å². The molecule has 0 amide bonds. The summed E-state index contributed by atoms with van der Waals surface area (Å²) < 4.78 is 10.8. The number of benzene rings is 1. The summed E-state index contributed by atoms with van der Waals surface area (Å²) in [6.07, 6.45) is 0. The number of phenolic OH excluding ortho intramolecular Hbond substituents is 1. The normalized spacial score (nSPS) is 17.2. The summed E-state index contributed by atoms with van der Waals surface area (Å²) in [7, 11) is 0. The van der Waals surface area contributed by atoms with Crippen LogP contribution in [-0.2, 0) is 16.1 Å². The molecular weight excluding hydrogens is 218 g/mol. The third kappa shape index (κ3) is 4.00. The molecule has 0 spiro atoms. The standard InChI is InChI=1S/C13H19NO3/c15-13-4-2-1-3-12(13)11-17-10-7-14-5-8-16-9-6-14/h1-4,15H,5-11H2. The number of phenols is 1. The smallest absolute Gasteiger partial charge is 0.121 e. The van der Waals surface area contributed by atoms with Crippen LogP contribution in [-0.4, -0.2) is 49.5 Å². The number of nitrogens with zero attached hydrogens (tertiary/aromatic N) is 1. The lowest BCUT2D eigenvalue weighted by atomic mass is 10.2. The second-order valence-electron chi connectivity index (χ2n) is 4.14. The molecular formula is C13H19NO3. The Bertz CT molecular complexity index is 337. The molecule has 0 radical (unpaired) electrons. The van der Waals surface area contributed by atoms with Gasteiger partial charge in [-0.2, -0.15) is 0 Å². The van der Waals surface area contributed by atoms with E-state index in [1.807, 2.05) is 18.2 Å². The van der Waals surface area contributed by atoms with E-state index in [2.05, 4.69) is 4.90 Å². The summed E-state index contributed by atoms with van der Waals surface area (Å²) in [5.74, 6) is 0.305. The minimum atomic E-state index is 0.305. The zero-order chi connectivity index (χ0) is 11.9. The molecule has 1 heterocycles. The van der Waals surface area contributed by atoms with E-state index in [0.717, 1.165) is 38.4 Å². The molecule has 1 fully saturated rings. The number of aromatic hydroxyl groups is 1. The van der Waals surface area contributed by atoms with Crippen LogP contribution in [0.4, 0.5) is 0 Å². The number of morpholine rings is 1. The molecule has 1 aliphatic rings. The zero-order valence-electron chi connectivity index (χ0n) is 9.97. The van der Waals surface area contributed by atoms with E-state index >= 15 is 0 Å². The van der Waals surface area contributed by atoms with E-state index < -0.39 is 0 Å². The maximum absolute atomic E-state index is 9.55. The molecule has 1 N–H and O–H groups in total. The molecule has 94 valence electrons. The van der Waals surface area contributed by atoms with E-state index in [-0.39, 0.29) is 0 Å². The molecule has 4 nitrogen and oxygen atoms in total. The Kier molecular flexibility index (Phi) is 4.79. The van der Waals surface area contributed by atoms with Gasteiger partial charge in [0.2, 0.25) is 0 Å². The van der Waals surface area contributed by atoms with Crippen LogP contribution in [0.25, 0.3) is 0 Å². The summed E-state index contributed by atoms with van der Waals surface area (Å²) in [6.45, 7) is 5.70. The van der Waals surface area contributed by atoms with Gasteiger partial charge in [0, 0.05) is 25.2 Å². The minimum Gasteiger partial charge on any atom is -0.508 e. The van der Waals surface area contributed by atoms with Crippen LogP contribution in [0.1, 0.15) is 5.56 Å². The van der Waals surface area contributed by atoms with Crippen molar-refractivity contribution in [2.45, 2.75) is 6.61 Å². The van der Waals surface area contributed by atoms with E-state index in [1.54, 1.807) is 6.07 Å². The van der Waals surface area contributed by atoms with Gasteiger partial charge in [0.05, 0.1) is 26.4 Å². The van der Waals surface area contributed by atoms with Gasteiger partial charge >= 0.3 is 0 Å². The maximum atomic E-state index is 9.55. The van der Waals surface area contributed by atoms with Crippen molar-refractivity contribution in [3.63, 3.8) is 0 Å². The topological polar surface area (TPSA) is 41.9 Å². The molecule has 0 aromatic heterocycles. The highest BCUT2D eigenvalue weighted by Gasteiger charge is 2.09. The highest BCUT2D eigenvalue weighted by molar-refractivity contribution is 5.30. The minimum absolute atomic E-state index is 0.305. The molecule has 0 aliphatic carbocycles. The molecule has 0 atom stereocenters. The van der Waals surface area contributed by atoms with Crippen LogP contribution in [0.2, 0.25) is 0 Å². The van der Waals surface area contributed by atoms with Crippen LogP contribution < -0.4 is 0 Å². The van der Waals surface area contributed by atoms with Crippen molar-refractivity contribution in [2.24, 2.45) is 0 Å². The number of rotatable bonds is 5. The summed E-state index contributed by atoms with van der Waals surface area (Å²) >= 11 is 0. The van der Waals surface area contributed by atoms with E-state index in [1.165, 1.54) is 0 Å². The number of hydrogen-bond donors (Lipinski definition) is 1. The summed E-state index contributed by atoms with van der Waals surface area (Å²) in [4.78, 5) is 2.33. The Morgan fingerprint density at radius 1 is 1.24 bits per heavy atom. The van der Waals surface area contributed by atoms with Crippen LogP contribution in [0.15, 0.2) is 24.3 Å². The molecule has 4 heteroatoms. The van der Waals surface area contributed by atoms with Crippen molar-refractivity contribution in [3.05, 3.63) is 29.8 Å². The van der Waals surface area contributed by atoms with Crippen molar-refractivity contribution in [1.29, 1.82) is 0 Å². The first-order valence-electron chi connectivity index (χ1n) is 6.01. The quantitative estimate of drug-likeness (QED) is 0.782. The Labute approximate surface area is 102 Å². The van der Waals surface area contributed by atoms with Crippen molar-refractivity contribution >= 4 is 0 Å². The molecule has 1 saturated heterocycles. The monoisotopic (exact) mass is 237 g/mol. The average Bonchev–Trinajstić information content (AvgIpc) is 2.38. The number of ether oxygens (including phenoxy) is 2. The summed E-state index contributed by atoms with van der Waals surface area (Å²) in [5, 5.41) is 9.55. The molecule has 1 aromatic carbocycles. The zero-order valence-corrected chi connectivity index (χ0v) is 9.97. The van der Waals surface area contributed by atoms with E-state index in [0.29, 0.717) is 19.0 Å². The Morgan fingerprint density at radius 2 is 2.00 bits per heavy atom. The van der Waals surface area contributed by atoms with Crippen molar-refractivity contribution in [1.82, 2.24) is 4.90 Å². The largest absolute Gasteiger partial charge is 0.508 e. The predicted octanol–water partition coefficient (Wildman–Crippen LogP) is 1.24. The third-order valence-electron chi connectivity index (χ3n) is 2.90. The van der Waals surface area contributed by atoms with Crippen LogP contribution in [0.3, 0.4) is 0 Å². The SMILES string of the molecule is Oc1ccccc1COCCN1CCOCC1. The van der Waals surface area contributed by atoms with Gasteiger partial charge in [-0.3, -0.25) is 4.90 Å². The van der Waals surface area contributed by atoms with Crippen LogP contribution in [0.5, 0.6) is 5.75 Å². The van der Waals surface area contributed by atoms with Gasteiger partial charge in [-0.15, -0.1) is 0 Å². The third-order valence-corrected chi connectivity index (χ3v) is 2.90. The van der Waals surface area contributed by atoms with Gasteiger partial charge in [-0.05, 0) is 6.07 Å². The lowest BCUT2D eigenvalue weighted by molar-refractivity contribution is 0.0178. The highest BCUT2D eigenvalue weighted by atomic mass is 16.5. The molecule has 1 aliphatic heterocycles. The van der Waals surface area contributed by atoms with Gasteiger partial charge in [0.25, 0.3) is 0 Å². The first-order valence-corrected chi connectivity index (χ1v) is 6.01. The molecule has 0 bridgehead atoms. The second kappa shape index (κ2) is 6.59. The second-order valence-corrected chi connectivity index (χ2v) is 4.14. The van der Waals surface area contributed by atoms with Crippen molar-refractivity contribution < 1.29 is 14.6 Å². The van der Waals surface area contributed by atoms with Crippen LogP contribution in [0, 0.1) is 0 Å². The molecule has 0 saturated carbocycles. The lowest BCUT2D eigenvalue weighted by Crippen LogP contribution is -2.38. The van der Waals surface area contributed by atoms with Gasteiger partial charge in [-0.1, -0.05) is 18.2 Å². The van der Waals surface area contributed by atoms with Crippen LogP contribution >= 0.6 is 0 Å². The van der Waals surface area contributed by atoms with Gasteiger partial charge < -0.3 is 14.6 Å². The number of hydrogen-bond acceptors (Lipinski definition) is 4. The fourth-order valence-electron chi connectivity index (χ4n) is 1.83. The van der Waals surface area contributed by atoms with Gasteiger partial charge in [0.1, 0.15) is 5.75 Å². The Hall–Kier alpha value is -1.10. The van der Waals surface area contributed by atoms with Gasteiger partial charge in [0.15, 0.2) is 0 Å². The lowest BCUT2D eigenvalue weighted by Gasteiger charge is -2.26. The average molecular weight is 237 g/mol. The molecule has 2 rings (SSSR count). The fraction of sp³-hybridized carbons (Fsp3) is 0.538. The fourth-order valence-corrected chi connectivity index (χ4v) is 1.83. The first-order chi connectivity index (χ1) is 8.36. The number of para-hydroxylation sites is 1. The Morgan fingerprint density at radius 3 is 2.76 bits per heavy atom. The molecule has 17 heavy (non-hydrogen) atoms. The molecule has 0 unspecified atom stereocenters. The maximum Gasteiger partial charge on any atom is 0.121 e. The van der Waals surface area contributed by atoms with Crippen molar-refractivity contribution in [3.8, 4) is 5.75 Å². The Balaban J connectivity index is 1.64. The first kappa shape index (κ1) is 12.4. The van der Waals surface area contributed by atoms with E-state index in [4.69, 9.17) is 9.47 Å². The molecule has 1 aromatic rings. The predicted molar refractivity (Wildman–Crippen MR) is 65.0 cm³/mol. The van der Waals surface area contributed by atoms with Gasteiger partial charge in [-0.25, -0.2) is 0 Å². The summed E-state index contributed by atoms with van der Waals surface area (Å²) in [5.41, 5.74) is 0.842. The summed E-state index contributed by atoms with van der Waals surface area (Å²) in [6, 6.07) is 7.28.